The third kappa shape index (κ3) is 4.24. The molecule has 10 heteroatoms. The van der Waals surface area contributed by atoms with Crippen molar-refractivity contribution in [2.24, 2.45) is 0 Å². The number of amides is 1. The van der Waals surface area contributed by atoms with Crippen molar-refractivity contribution in [1.82, 2.24) is 15.4 Å². The van der Waals surface area contributed by atoms with Gasteiger partial charge in [0.05, 0.1) is 37.1 Å². The number of esters is 1. The van der Waals surface area contributed by atoms with E-state index in [1.165, 1.54) is 36.8 Å². The van der Waals surface area contributed by atoms with Crippen LogP contribution in [0.15, 0.2) is 48.7 Å². The molecule has 0 aliphatic rings. The Labute approximate surface area is 199 Å². The fourth-order valence-corrected chi connectivity index (χ4v) is 4.56. The van der Waals surface area contributed by atoms with Gasteiger partial charge >= 0.3 is 5.97 Å². The van der Waals surface area contributed by atoms with Gasteiger partial charge in [0.25, 0.3) is 5.91 Å². The monoisotopic (exact) mass is 473 g/mol. The highest BCUT2D eigenvalue weighted by Gasteiger charge is 2.23. The summed E-state index contributed by atoms with van der Waals surface area (Å²) in [4.78, 5) is 26.5. The van der Waals surface area contributed by atoms with Gasteiger partial charge in [0, 0.05) is 16.0 Å². The van der Waals surface area contributed by atoms with E-state index in [2.05, 4.69) is 26.8 Å². The smallest absolute Gasteiger partial charge is 0.338 e. The summed E-state index contributed by atoms with van der Waals surface area (Å²) in [5, 5.41) is 23.4. The zero-order valence-electron chi connectivity index (χ0n) is 18.5. The average molecular weight is 474 g/mol. The van der Waals surface area contributed by atoms with Gasteiger partial charge in [-0.15, -0.1) is 11.3 Å². The van der Waals surface area contributed by atoms with Crippen molar-refractivity contribution in [3.63, 3.8) is 0 Å². The SMILES string of the molecule is COC(=O)c1ccc(-c2cn[nH]n2)cc1C(=O)Nc1sc(C)c(-c2ccc(OC)cc2)c1C#N. The van der Waals surface area contributed by atoms with Crippen LogP contribution in [-0.2, 0) is 4.74 Å². The molecule has 2 aromatic carbocycles. The van der Waals surface area contributed by atoms with Crippen LogP contribution >= 0.6 is 11.3 Å². The zero-order valence-corrected chi connectivity index (χ0v) is 19.3. The highest BCUT2D eigenvalue weighted by molar-refractivity contribution is 7.17. The number of nitrogens with zero attached hydrogens (tertiary/aromatic N) is 3. The van der Waals surface area contributed by atoms with Gasteiger partial charge in [-0.2, -0.15) is 20.7 Å². The molecular weight excluding hydrogens is 454 g/mol. The number of H-pyrrole nitrogens is 1. The molecule has 4 rings (SSSR count). The Hall–Kier alpha value is -4.49. The van der Waals surface area contributed by atoms with Gasteiger partial charge in [0.15, 0.2) is 0 Å². The van der Waals surface area contributed by atoms with Crippen molar-refractivity contribution in [2.75, 3.05) is 19.5 Å². The molecule has 9 nitrogen and oxygen atoms in total. The van der Waals surface area contributed by atoms with E-state index in [1.54, 1.807) is 13.2 Å². The minimum atomic E-state index is -0.654. The standard InChI is InChI=1S/C24H19N5O4S/c1-13-21(14-4-7-16(32-2)8-5-14)19(11-25)23(34-13)27-22(30)18-10-15(20-12-26-29-28-20)6-9-17(18)24(31)33-3/h4-10,12H,1-3H3,(H,27,30)(H,26,28,29). The largest absolute Gasteiger partial charge is 0.497 e. The van der Waals surface area contributed by atoms with E-state index in [-0.39, 0.29) is 11.1 Å². The second kappa shape index (κ2) is 9.56. The molecule has 4 aromatic rings. The number of hydrogen-bond donors (Lipinski definition) is 2. The second-order valence-corrected chi connectivity index (χ2v) is 8.36. The summed E-state index contributed by atoms with van der Waals surface area (Å²) >= 11 is 1.29. The minimum Gasteiger partial charge on any atom is -0.497 e. The number of nitriles is 1. The predicted molar refractivity (Wildman–Crippen MR) is 127 cm³/mol. The van der Waals surface area contributed by atoms with Crippen molar-refractivity contribution in [1.29, 1.82) is 5.26 Å². The molecule has 0 atom stereocenters. The number of carbonyl (C=O) groups excluding carboxylic acids is 2. The van der Waals surface area contributed by atoms with Crippen LogP contribution in [0.4, 0.5) is 5.00 Å². The van der Waals surface area contributed by atoms with Crippen LogP contribution in [0.1, 0.15) is 31.2 Å². The lowest BCUT2D eigenvalue weighted by Gasteiger charge is -2.10. The topological polar surface area (TPSA) is 130 Å². The Morgan fingerprint density at radius 1 is 1.09 bits per heavy atom. The summed E-state index contributed by atoms with van der Waals surface area (Å²) < 4.78 is 10.0. The maximum absolute atomic E-state index is 13.3. The number of thiophene rings is 1. The lowest BCUT2D eigenvalue weighted by atomic mass is 10.0. The van der Waals surface area contributed by atoms with E-state index in [4.69, 9.17) is 9.47 Å². The van der Waals surface area contributed by atoms with Crippen LogP contribution in [0.2, 0.25) is 0 Å². The van der Waals surface area contributed by atoms with E-state index in [0.717, 1.165) is 16.0 Å². The number of anilines is 1. The fourth-order valence-electron chi connectivity index (χ4n) is 3.54. The number of aryl methyl sites for hydroxylation is 1. The van der Waals surface area contributed by atoms with Gasteiger partial charge < -0.3 is 14.8 Å². The highest BCUT2D eigenvalue weighted by Crippen LogP contribution is 2.40. The Balaban J connectivity index is 1.73. The Morgan fingerprint density at radius 3 is 2.44 bits per heavy atom. The van der Waals surface area contributed by atoms with E-state index in [9.17, 15) is 14.9 Å². The molecule has 2 N–H and O–H groups in total. The molecule has 0 saturated carbocycles. The first-order valence-electron chi connectivity index (χ1n) is 10.0. The van der Waals surface area contributed by atoms with Gasteiger partial charge in [0.1, 0.15) is 22.5 Å². The Morgan fingerprint density at radius 2 is 1.82 bits per heavy atom. The molecule has 0 unspecified atom stereocenters. The Kier molecular flexibility index (Phi) is 6.38. The van der Waals surface area contributed by atoms with Gasteiger partial charge in [0.2, 0.25) is 0 Å². The van der Waals surface area contributed by atoms with Crippen molar-refractivity contribution in [2.45, 2.75) is 6.92 Å². The summed E-state index contributed by atoms with van der Waals surface area (Å²) in [6.07, 6.45) is 1.51. The van der Waals surface area contributed by atoms with Crippen molar-refractivity contribution >= 4 is 28.2 Å². The zero-order chi connectivity index (χ0) is 24.2. The molecule has 1 amide bonds. The second-order valence-electron chi connectivity index (χ2n) is 7.14. The van der Waals surface area contributed by atoms with Crippen molar-refractivity contribution in [3.05, 3.63) is 70.2 Å². The van der Waals surface area contributed by atoms with Gasteiger partial charge in [-0.1, -0.05) is 18.2 Å². The van der Waals surface area contributed by atoms with Crippen LogP contribution in [0.3, 0.4) is 0 Å². The number of ether oxygens (including phenoxy) is 2. The molecule has 2 aromatic heterocycles. The molecule has 2 heterocycles. The first kappa shape index (κ1) is 22.7. The number of hydrogen-bond acceptors (Lipinski definition) is 8. The van der Waals surface area contributed by atoms with E-state index >= 15 is 0 Å². The fraction of sp³-hybridized carbons (Fsp3) is 0.125. The molecule has 34 heavy (non-hydrogen) atoms. The first-order valence-corrected chi connectivity index (χ1v) is 10.9. The molecule has 0 bridgehead atoms. The van der Waals surface area contributed by atoms with Crippen LogP contribution in [0.5, 0.6) is 5.75 Å². The van der Waals surface area contributed by atoms with Crippen LogP contribution in [0, 0.1) is 18.3 Å². The third-order valence-corrected chi connectivity index (χ3v) is 6.20. The quantitative estimate of drug-likeness (QED) is 0.396. The maximum Gasteiger partial charge on any atom is 0.338 e. The molecule has 170 valence electrons. The van der Waals surface area contributed by atoms with Gasteiger partial charge in [-0.05, 0) is 36.8 Å². The molecule has 0 radical (unpaired) electrons. The molecule has 0 spiro atoms. The number of carbonyl (C=O) groups is 2. The summed E-state index contributed by atoms with van der Waals surface area (Å²) in [6.45, 7) is 1.88. The number of aromatic amines is 1. The number of benzene rings is 2. The van der Waals surface area contributed by atoms with E-state index < -0.39 is 11.9 Å². The van der Waals surface area contributed by atoms with Crippen LogP contribution < -0.4 is 10.1 Å². The summed E-state index contributed by atoms with van der Waals surface area (Å²) in [5.74, 6) is -0.505. The molecule has 0 aliphatic carbocycles. The summed E-state index contributed by atoms with van der Waals surface area (Å²) in [5.41, 5.74) is 3.19. The molecule has 0 saturated heterocycles. The van der Waals surface area contributed by atoms with E-state index in [0.29, 0.717) is 27.6 Å². The number of rotatable bonds is 6. The van der Waals surface area contributed by atoms with E-state index in [1.807, 2.05) is 31.2 Å². The molecular formula is C24H19N5O4S. The predicted octanol–water partition coefficient (Wildman–Crippen LogP) is 4.43. The molecule has 0 aliphatic heterocycles. The van der Waals surface area contributed by atoms with Gasteiger partial charge in [-0.25, -0.2) is 4.79 Å². The lowest BCUT2D eigenvalue weighted by Crippen LogP contribution is -2.17. The number of nitrogens with one attached hydrogen (secondary N) is 2. The maximum atomic E-state index is 13.3. The number of aromatic nitrogens is 3. The van der Waals surface area contributed by atoms with Gasteiger partial charge in [-0.3, -0.25) is 4.79 Å². The van der Waals surface area contributed by atoms with Crippen LogP contribution in [0.25, 0.3) is 22.4 Å². The summed E-state index contributed by atoms with van der Waals surface area (Å²) in [6, 6.07) is 14.2. The third-order valence-electron chi connectivity index (χ3n) is 5.18. The van der Waals surface area contributed by atoms with Crippen LogP contribution in [-0.4, -0.2) is 41.5 Å². The first-order chi connectivity index (χ1) is 16.5. The number of methoxy groups -OCH3 is 2. The Bertz CT molecular complexity index is 1400. The normalized spacial score (nSPS) is 10.4. The summed E-state index contributed by atoms with van der Waals surface area (Å²) in [7, 11) is 2.83. The molecule has 0 fully saturated rings. The lowest BCUT2D eigenvalue weighted by molar-refractivity contribution is 0.0597. The minimum absolute atomic E-state index is 0.0910. The highest BCUT2D eigenvalue weighted by atomic mass is 32.1. The average Bonchev–Trinajstić information content (AvgIpc) is 3.51. The van der Waals surface area contributed by atoms with Crippen molar-refractivity contribution in [3.8, 4) is 34.2 Å². The van der Waals surface area contributed by atoms with Crippen molar-refractivity contribution < 1.29 is 19.1 Å².